The maximum atomic E-state index is 4.14. The van der Waals surface area contributed by atoms with E-state index in [-0.39, 0.29) is 5.54 Å². The van der Waals surface area contributed by atoms with Crippen LogP contribution in [0.25, 0.3) is 0 Å². The van der Waals surface area contributed by atoms with Crippen molar-refractivity contribution in [2.75, 3.05) is 13.1 Å². The van der Waals surface area contributed by atoms with Gasteiger partial charge in [0.25, 0.3) is 0 Å². The summed E-state index contributed by atoms with van der Waals surface area (Å²) in [5, 5.41) is 3.31. The molecule has 1 aliphatic heterocycles. The summed E-state index contributed by atoms with van der Waals surface area (Å²) >= 11 is 0. The van der Waals surface area contributed by atoms with Crippen LogP contribution in [0.4, 0.5) is 0 Å². The Labute approximate surface area is 50.0 Å². The molecule has 0 aliphatic carbocycles. The van der Waals surface area contributed by atoms with Gasteiger partial charge in [0.05, 0.1) is 6.54 Å². The Kier molecular flexibility index (Phi) is 1.34. The van der Waals surface area contributed by atoms with Crippen LogP contribution in [0, 0.1) is 0 Å². The van der Waals surface area contributed by atoms with Crippen LogP contribution in [0.1, 0.15) is 13.8 Å². The Hall–Kier alpha value is -0.370. The molecule has 0 fully saturated rings. The summed E-state index contributed by atoms with van der Waals surface area (Å²) in [5.74, 6) is 0. The van der Waals surface area contributed by atoms with Crippen LogP contribution in [0.3, 0.4) is 0 Å². The molecule has 0 aromatic heterocycles. The molecule has 0 amide bonds. The minimum atomic E-state index is 0.231. The predicted octanol–water partition coefficient (Wildman–Crippen LogP) is 0.439. The molecule has 2 heteroatoms. The van der Waals surface area contributed by atoms with Gasteiger partial charge >= 0.3 is 0 Å². The van der Waals surface area contributed by atoms with Gasteiger partial charge in [0.2, 0.25) is 0 Å². The minimum Gasteiger partial charge on any atom is -0.305 e. The highest BCUT2D eigenvalue weighted by Crippen LogP contribution is 2.03. The second-order valence-corrected chi connectivity index (χ2v) is 2.79. The van der Waals surface area contributed by atoms with E-state index in [2.05, 4.69) is 24.2 Å². The highest BCUT2D eigenvalue weighted by molar-refractivity contribution is 5.60. The van der Waals surface area contributed by atoms with Crippen molar-refractivity contribution in [2.24, 2.45) is 4.99 Å². The first-order chi connectivity index (χ1) is 3.71. The zero-order valence-corrected chi connectivity index (χ0v) is 5.44. The molecule has 0 saturated carbocycles. The van der Waals surface area contributed by atoms with Crippen LogP contribution in [0.15, 0.2) is 4.99 Å². The second-order valence-electron chi connectivity index (χ2n) is 2.79. The third-order valence-electron chi connectivity index (χ3n) is 1.29. The van der Waals surface area contributed by atoms with Gasteiger partial charge in [-0.05, 0) is 13.8 Å². The van der Waals surface area contributed by atoms with E-state index in [1.807, 2.05) is 6.21 Å². The molecular formula is C6H12N2. The van der Waals surface area contributed by atoms with Crippen molar-refractivity contribution >= 4 is 6.21 Å². The lowest BCUT2D eigenvalue weighted by Gasteiger charge is -2.26. The van der Waals surface area contributed by atoms with Crippen LogP contribution in [0.2, 0.25) is 0 Å². The normalized spacial score (nSPS) is 25.8. The van der Waals surface area contributed by atoms with Gasteiger partial charge in [0.15, 0.2) is 0 Å². The Morgan fingerprint density at radius 3 is 2.62 bits per heavy atom. The van der Waals surface area contributed by atoms with Crippen molar-refractivity contribution in [3.05, 3.63) is 0 Å². The lowest BCUT2D eigenvalue weighted by molar-refractivity contribution is 0.414. The molecule has 1 heterocycles. The number of nitrogens with zero attached hydrogens (tertiary/aromatic N) is 1. The number of hydrogen-bond acceptors (Lipinski definition) is 2. The third kappa shape index (κ3) is 1.30. The molecule has 0 bridgehead atoms. The fourth-order valence-corrected chi connectivity index (χ4v) is 0.735. The van der Waals surface area contributed by atoms with Gasteiger partial charge in [0.1, 0.15) is 0 Å². The Morgan fingerprint density at radius 2 is 2.38 bits per heavy atom. The summed E-state index contributed by atoms with van der Waals surface area (Å²) in [6.07, 6.45) is 1.92. The molecule has 2 nitrogen and oxygen atoms in total. The van der Waals surface area contributed by atoms with Crippen molar-refractivity contribution in [1.82, 2.24) is 5.32 Å². The summed E-state index contributed by atoms with van der Waals surface area (Å²) in [7, 11) is 0. The smallest absolute Gasteiger partial charge is 0.0562 e. The first-order valence-electron chi connectivity index (χ1n) is 2.94. The lowest BCUT2D eigenvalue weighted by atomic mass is 10.1. The first-order valence-corrected chi connectivity index (χ1v) is 2.94. The molecule has 1 N–H and O–H groups in total. The fraction of sp³-hybridized carbons (Fsp3) is 0.833. The van der Waals surface area contributed by atoms with Gasteiger partial charge < -0.3 is 5.32 Å². The van der Waals surface area contributed by atoms with E-state index >= 15 is 0 Å². The van der Waals surface area contributed by atoms with Crippen LogP contribution >= 0.6 is 0 Å². The van der Waals surface area contributed by atoms with Crippen LogP contribution in [-0.2, 0) is 0 Å². The molecule has 0 saturated heterocycles. The Balaban J connectivity index is 2.50. The predicted molar refractivity (Wildman–Crippen MR) is 35.4 cm³/mol. The Bertz CT molecular complexity index is 105. The topological polar surface area (TPSA) is 24.4 Å². The van der Waals surface area contributed by atoms with Crippen molar-refractivity contribution in [2.45, 2.75) is 19.4 Å². The van der Waals surface area contributed by atoms with Crippen LogP contribution in [0.5, 0.6) is 0 Å². The summed E-state index contributed by atoms with van der Waals surface area (Å²) < 4.78 is 0. The van der Waals surface area contributed by atoms with E-state index in [0.717, 1.165) is 13.1 Å². The third-order valence-corrected chi connectivity index (χ3v) is 1.29. The van der Waals surface area contributed by atoms with Crippen molar-refractivity contribution in [1.29, 1.82) is 0 Å². The quantitative estimate of drug-likeness (QED) is 0.483. The van der Waals surface area contributed by atoms with Crippen molar-refractivity contribution in [3.63, 3.8) is 0 Å². The number of aliphatic imine (C=N–C) groups is 1. The highest BCUT2D eigenvalue weighted by Gasteiger charge is 2.16. The molecule has 1 rings (SSSR count). The maximum Gasteiger partial charge on any atom is 0.0562 e. The molecule has 46 valence electrons. The Morgan fingerprint density at radius 1 is 1.62 bits per heavy atom. The summed E-state index contributed by atoms with van der Waals surface area (Å²) in [6.45, 7) is 6.15. The van der Waals surface area contributed by atoms with E-state index in [9.17, 15) is 0 Å². The van der Waals surface area contributed by atoms with E-state index in [0.29, 0.717) is 0 Å². The molecule has 0 atom stereocenters. The van der Waals surface area contributed by atoms with Gasteiger partial charge in [0, 0.05) is 18.3 Å². The lowest BCUT2D eigenvalue weighted by Crippen LogP contribution is -2.45. The summed E-state index contributed by atoms with van der Waals surface area (Å²) in [5.41, 5.74) is 0.231. The van der Waals surface area contributed by atoms with E-state index in [1.54, 1.807) is 0 Å². The first kappa shape index (κ1) is 5.76. The van der Waals surface area contributed by atoms with Gasteiger partial charge in [-0.2, -0.15) is 0 Å². The summed E-state index contributed by atoms with van der Waals surface area (Å²) in [4.78, 5) is 4.14. The number of nitrogens with one attached hydrogen (secondary N) is 1. The second kappa shape index (κ2) is 1.86. The zero-order chi connectivity index (χ0) is 6.04. The van der Waals surface area contributed by atoms with E-state index in [4.69, 9.17) is 0 Å². The average Bonchev–Trinajstić information content (AvgIpc) is 1.65. The van der Waals surface area contributed by atoms with Gasteiger partial charge in [-0.3, -0.25) is 4.99 Å². The van der Waals surface area contributed by atoms with E-state index in [1.165, 1.54) is 0 Å². The molecule has 0 aromatic carbocycles. The van der Waals surface area contributed by atoms with E-state index < -0.39 is 0 Å². The molecule has 0 aromatic rings. The standard InChI is InChI=1S/C6H12N2/c1-6(2)5-7-3-4-8-6/h3,8H,4-5H2,1-2H3. The molecule has 8 heavy (non-hydrogen) atoms. The number of rotatable bonds is 0. The highest BCUT2D eigenvalue weighted by atomic mass is 15.0. The maximum absolute atomic E-state index is 4.14. The monoisotopic (exact) mass is 112 g/mol. The average molecular weight is 112 g/mol. The summed E-state index contributed by atoms with van der Waals surface area (Å²) in [6, 6.07) is 0. The van der Waals surface area contributed by atoms with Gasteiger partial charge in [-0.1, -0.05) is 0 Å². The largest absolute Gasteiger partial charge is 0.305 e. The van der Waals surface area contributed by atoms with Crippen LogP contribution in [-0.4, -0.2) is 24.8 Å². The molecule has 0 radical (unpaired) electrons. The number of hydrogen-bond donors (Lipinski definition) is 1. The van der Waals surface area contributed by atoms with Crippen molar-refractivity contribution in [3.8, 4) is 0 Å². The molecule has 0 unspecified atom stereocenters. The molecule has 1 aliphatic rings. The van der Waals surface area contributed by atoms with Gasteiger partial charge in [-0.25, -0.2) is 0 Å². The fourth-order valence-electron chi connectivity index (χ4n) is 0.735. The van der Waals surface area contributed by atoms with Gasteiger partial charge in [-0.15, -0.1) is 0 Å². The minimum absolute atomic E-state index is 0.231. The molecule has 0 spiro atoms. The van der Waals surface area contributed by atoms with Crippen molar-refractivity contribution < 1.29 is 0 Å². The molecular weight excluding hydrogens is 100 g/mol. The zero-order valence-electron chi connectivity index (χ0n) is 5.44. The SMILES string of the molecule is CC1(C)CN=CCN1. The van der Waals surface area contributed by atoms with Crippen LogP contribution < -0.4 is 5.32 Å².